The smallest absolute Gasteiger partial charge is 0.169 e. The maximum absolute atomic E-state index is 4.10. The molecule has 0 fully saturated rings. The van der Waals surface area contributed by atoms with Crippen LogP contribution in [0, 0.1) is 0 Å². The molecule has 0 amide bonds. The van der Waals surface area contributed by atoms with Gasteiger partial charge in [0.25, 0.3) is 0 Å². The van der Waals surface area contributed by atoms with E-state index < -0.39 is 0 Å². The first-order valence-electron chi connectivity index (χ1n) is 14.2. The summed E-state index contributed by atoms with van der Waals surface area (Å²) >= 11 is 0. The van der Waals surface area contributed by atoms with Gasteiger partial charge in [0, 0.05) is 68.1 Å². The second-order valence-corrected chi connectivity index (χ2v) is 10.0. The van der Waals surface area contributed by atoms with E-state index in [0.717, 1.165) is 19.6 Å². The van der Waals surface area contributed by atoms with Crippen LogP contribution in [0.2, 0.25) is 0 Å². The molecule has 4 aromatic heterocycles. The molecule has 0 spiro atoms. The molecule has 0 aliphatic heterocycles. The largest absolute Gasteiger partial charge is 0.265 e. The summed E-state index contributed by atoms with van der Waals surface area (Å²) in [6.45, 7) is 5.51. The lowest BCUT2D eigenvalue weighted by Gasteiger charge is -2.03. The number of hydrogen-bond donors (Lipinski definition) is 0. The van der Waals surface area contributed by atoms with E-state index in [9.17, 15) is 0 Å². The quantitative estimate of drug-likeness (QED) is 0.136. The third kappa shape index (κ3) is 8.89. The van der Waals surface area contributed by atoms with Gasteiger partial charge in [-0.2, -0.15) is 0 Å². The third-order valence-corrected chi connectivity index (χ3v) is 7.08. The Kier molecular flexibility index (Phi) is 10.8. The SMILES string of the molecule is CCC[n+]1ccc(-c2cc[n+](CCCCCCCCCC[n+]3ccc(-c4ccncc4)cc3)cc2)cc1. The van der Waals surface area contributed by atoms with Crippen molar-refractivity contribution in [2.45, 2.75) is 84.3 Å². The highest BCUT2D eigenvalue weighted by molar-refractivity contribution is 5.61. The average molecular weight is 496 g/mol. The van der Waals surface area contributed by atoms with Gasteiger partial charge in [0.1, 0.15) is 19.6 Å². The molecule has 0 bridgehead atoms. The fourth-order valence-corrected chi connectivity index (χ4v) is 4.85. The van der Waals surface area contributed by atoms with Crippen LogP contribution in [0.5, 0.6) is 0 Å². The van der Waals surface area contributed by atoms with Gasteiger partial charge in [0.2, 0.25) is 0 Å². The van der Waals surface area contributed by atoms with Gasteiger partial charge < -0.3 is 0 Å². The van der Waals surface area contributed by atoms with Crippen molar-refractivity contribution in [3.63, 3.8) is 0 Å². The first-order valence-corrected chi connectivity index (χ1v) is 14.2. The van der Waals surface area contributed by atoms with Crippen molar-refractivity contribution >= 4 is 0 Å². The summed E-state index contributed by atoms with van der Waals surface area (Å²) in [5, 5.41) is 0. The number of aromatic nitrogens is 4. The maximum Gasteiger partial charge on any atom is 0.169 e. The third-order valence-electron chi connectivity index (χ3n) is 7.08. The molecule has 0 aliphatic carbocycles. The minimum atomic E-state index is 1.08. The summed E-state index contributed by atoms with van der Waals surface area (Å²) < 4.78 is 6.87. The lowest BCUT2D eigenvalue weighted by Crippen LogP contribution is -2.32. The van der Waals surface area contributed by atoms with E-state index in [-0.39, 0.29) is 0 Å². The van der Waals surface area contributed by atoms with Crippen LogP contribution in [0.3, 0.4) is 0 Å². The van der Waals surface area contributed by atoms with Gasteiger partial charge >= 0.3 is 0 Å². The monoisotopic (exact) mass is 495 g/mol. The Hall–Kier alpha value is -3.40. The predicted octanol–water partition coefficient (Wildman–Crippen LogP) is 6.51. The lowest BCUT2D eigenvalue weighted by molar-refractivity contribution is -0.697. The number of rotatable bonds is 15. The van der Waals surface area contributed by atoms with Crippen LogP contribution in [0.25, 0.3) is 22.3 Å². The molecule has 0 saturated heterocycles. The zero-order valence-corrected chi connectivity index (χ0v) is 22.5. The van der Waals surface area contributed by atoms with Crippen LogP contribution in [-0.4, -0.2) is 4.98 Å². The Bertz CT molecular complexity index is 1150. The maximum atomic E-state index is 4.10. The number of nitrogens with zero attached hydrogens (tertiary/aromatic N) is 4. The van der Waals surface area contributed by atoms with Crippen LogP contribution in [0.1, 0.15) is 64.7 Å². The molecule has 0 saturated carbocycles. The van der Waals surface area contributed by atoms with Crippen molar-refractivity contribution < 1.29 is 13.7 Å². The van der Waals surface area contributed by atoms with E-state index in [1.165, 1.54) is 80.0 Å². The molecule has 4 aromatic rings. The highest BCUT2D eigenvalue weighted by Gasteiger charge is 2.06. The van der Waals surface area contributed by atoms with Crippen molar-refractivity contribution in [2.24, 2.45) is 0 Å². The molecule has 0 aliphatic rings. The highest BCUT2D eigenvalue weighted by atomic mass is 14.9. The summed E-state index contributed by atoms with van der Waals surface area (Å²) in [5.74, 6) is 0. The molecule has 0 aromatic carbocycles. The van der Waals surface area contributed by atoms with Crippen molar-refractivity contribution in [3.05, 3.63) is 98.1 Å². The number of aryl methyl sites for hydroxylation is 3. The van der Waals surface area contributed by atoms with Crippen LogP contribution >= 0.6 is 0 Å². The minimum Gasteiger partial charge on any atom is -0.265 e. The standard InChI is InChI=1S/C33H43N4/c1-2-21-35-24-13-32(14-25-35)33-17-28-37(29-18-33)23-10-8-6-4-3-5-7-9-22-36-26-15-31(16-27-36)30-11-19-34-20-12-30/h11-20,24-29H,2-10,21-23H2,1H3/q+3. The fourth-order valence-electron chi connectivity index (χ4n) is 4.85. The highest BCUT2D eigenvalue weighted by Crippen LogP contribution is 2.17. The molecule has 4 heterocycles. The Morgan fingerprint density at radius 2 is 0.757 bits per heavy atom. The Morgan fingerprint density at radius 3 is 1.14 bits per heavy atom. The summed E-state index contributed by atoms with van der Waals surface area (Å²) in [4.78, 5) is 4.10. The number of hydrogen-bond acceptors (Lipinski definition) is 1. The van der Waals surface area contributed by atoms with Gasteiger partial charge in [-0.3, -0.25) is 4.98 Å². The Balaban J connectivity index is 1.03. The van der Waals surface area contributed by atoms with Gasteiger partial charge in [-0.05, 0) is 47.2 Å². The first-order chi connectivity index (χ1) is 18.3. The van der Waals surface area contributed by atoms with E-state index in [2.05, 4.69) is 111 Å². The van der Waals surface area contributed by atoms with Crippen LogP contribution < -0.4 is 13.7 Å². The van der Waals surface area contributed by atoms with E-state index in [4.69, 9.17) is 0 Å². The topological polar surface area (TPSA) is 24.5 Å². The summed E-state index contributed by atoms with van der Waals surface area (Å²) in [6, 6.07) is 17.4. The molecule has 0 radical (unpaired) electrons. The summed E-state index contributed by atoms with van der Waals surface area (Å²) in [5.41, 5.74) is 5.06. The Morgan fingerprint density at radius 1 is 0.432 bits per heavy atom. The van der Waals surface area contributed by atoms with Crippen LogP contribution in [0.4, 0.5) is 0 Å². The van der Waals surface area contributed by atoms with Gasteiger partial charge in [0.05, 0.1) is 0 Å². The van der Waals surface area contributed by atoms with Crippen LogP contribution in [0.15, 0.2) is 98.1 Å². The second-order valence-electron chi connectivity index (χ2n) is 10.0. The molecule has 0 N–H and O–H groups in total. The number of unbranched alkanes of at least 4 members (excludes halogenated alkanes) is 7. The Labute approximate surface area is 223 Å². The van der Waals surface area contributed by atoms with Crippen molar-refractivity contribution in [1.82, 2.24) is 4.98 Å². The van der Waals surface area contributed by atoms with Crippen molar-refractivity contribution in [3.8, 4) is 22.3 Å². The van der Waals surface area contributed by atoms with E-state index in [0.29, 0.717) is 0 Å². The number of pyridine rings is 4. The summed E-state index contributed by atoms with van der Waals surface area (Å²) in [6.07, 6.45) is 28.7. The minimum absolute atomic E-state index is 1.08. The summed E-state index contributed by atoms with van der Waals surface area (Å²) in [7, 11) is 0. The van der Waals surface area contributed by atoms with E-state index in [1.807, 2.05) is 12.4 Å². The molecule has 4 heteroatoms. The van der Waals surface area contributed by atoms with Gasteiger partial charge in [-0.25, -0.2) is 13.7 Å². The lowest BCUT2D eigenvalue weighted by atomic mass is 10.1. The van der Waals surface area contributed by atoms with Crippen molar-refractivity contribution in [2.75, 3.05) is 0 Å². The van der Waals surface area contributed by atoms with Crippen LogP contribution in [-0.2, 0) is 19.6 Å². The molecular formula is C33H43N4+3. The van der Waals surface area contributed by atoms with Crippen molar-refractivity contribution in [1.29, 1.82) is 0 Å². The molecular weight excluding hydrogens is 452 g/mol. The van der Waals surface area contributed by atoms with Gasteiger partial charge in [0.15, 0.2) is 37.2 Å². The van der Waals surface area contributed by atoms with E-state index >= 15 is 0 Å². The normalized spacial score (nSPS) is 11.1. The molecule has 0 atom stereocenters. The first kappa shape index (κ1) is 26.7. The zero-order valence-electron chi connectivity index (χ0n) is 22.5. The van der Waals surface area contributed by atoms with Gasteiger partial charge in [-0.15, -0.1) is 0 Å². The second kappa shape index (κ2) is 15.0. The van der Waals surface area contributed by atoms with E-state index in [1.54, 1.807) is 0 Å². The predicted molar refractivity (Wildman–Crippen MR) is 149 cm³/mol. The molecule has 4 rings (SSSR count). The average Bonchev–Trinajstić information content (AvgIpc) is 2.96. The zero-order chi connectivity index (χ0) is 25.5. The fraction of sp³-hybridized carbons (Fsp3) is 0.394. The van der Waals surface area contributed by atoms with Gasteiger partial charge in [-0.1, -0.05) is 32.6 Å². The molecule has 0 unspecified atom stereocenters. The molecule has 4 nitrogen and oxygen atoms in total. The molecule has 37 heavy (non-hydrogen) atoms. The molecule has 192 valence electrons.